The van der Waals surface area contributed by atoms with Crippen LogP contribution < -0.4 is 15.4 Å². The van der Waals surface area contributed by atoms with Gasteiger partial charge in [-0.2, -0.15) is 0 Å². The highest BCUT2D eigenvalue weighted by molar-refractivity contribution is 6.06. The SMILES string of the molecule is CC(C)NC(=O)N(C)C[C@H]1Oc2c(NC(=O)c3cnccn3)cccc2C(=O)N([C@@H](C)CO)C[C@H]1C. The van der Waals surface area contributed by atoms with E-state index < -0.39 is 18.1 Å². The molecule has 1 aromatic heterocycles. The summed E-state index contributed by atoms with van der Waals surface area (Å²) in [6.45, 7) is 7.80. The first-order valence-corrected chi connectivity index (χ1v) is 11.9. The van der Waals surface area contributed by atoms with Crippen molar-refractivity contribution in [2.45, 2.75) is 45.9 Å². The number of para-hydroxylation sites is 1. The minimum atomic E-state index is -0.511. The number of fused-ring (bicyclic) bond motifs is 1. The van der Waals surface area contributed by atoms with Gasteiger partial charge in [0, 0.05) is 37.9 Å². The van der Waals surface area contributed by atoms with Gasteiger partial charge in [0.15, 0.2) is 5.75 Å². The Balaban J connectivity index is 2.00. The van der Waals surface area contributed by atoms with Gasteiger partial charge in [-0.3, -0.25) is 14.6 Å². The Bertz CT molecular complexity index is 1080. The number of benzene rings is 1. The van der Waals surface area contributed by atoms with E-state index in [2.05, 4.69) is 20.6 Å². The van der Waals surface area contributed by atoms with E-state index in [0.29, 0.717) is 12.2 Å². The quantitative estimate of drug-likeness (QED) is 0.531. The van der Waals surface area contributed by atoms with E-state index in [0.717, 1.165) is 0 Å². The van der Waals surface area contributed by atoms with Crippen LogP contribution in [0, 0.1) is 5.92 Å². The third kappa shape index (κ3) is 6.28. The van der Waals surface area contributed by atoms with Crippen molar-refractivity contribution >= 4 is 23.5 Å². The van der Waals surface area contributed by atoms with Gasteiger partial charge in [-0.15, -0.1) is 0 Å². The third-order valence-corrected chi connectivity index (χ3v) is 5.95. The number of ether oxygens (including phenoxy) is 1. The summed E-state index contributed by atoms with van der Waals surface area (Å²) in [4.78, 5) is 50.0. The summed E-state index contributed by atoms with van der Waals surface area (Å²) in [5.74, 6) is -0.829. The van der Waals surface area contributed by atoms with E-state index in [1.807, 2.05) is 20.8 Å². The maximum absolute atomic E-state index is 13.5. The number of carbonyl (C=O) groups is 3. The average molecular weight is 499 g/mol. The maximum Gasteiger partial charge on any atom is 0.317 e. The fourth-order valence-electron chi connectivity index (χ4n) is 3.87. The predicted molar refractivity (Wildman–Crippen MR) is 134 cm³/mol. The molecule has 0 saturated heterocycles. The summed E-state index contributed by atoms with van der Waals surface area (Å²) in [6.07, 6.45) is 3.70. The lowest BCUT2D eigenvalue weighted by atomic mass is 9.99. The lowest BCUT2D eigenvalue weighted by molar-refractivity contribution is 0.0368. The number of aliphatic hydroxyl groups excluding tert-OH is 1. The molecule has 0 saturated carbocycles. The van der Waals surface area contributed by atoms with Crippen LogP contribution in [0.2, 0.25) is 0 Å². The number of nitrogens with zero attached hydrogens (tertiary/aromatic N) is 4. The van der Waals surface area contributed by atoms with E-state index in [-0.39, 0.29) is 54.1 Å². The average Bonchev–Trinajstić information content (AvgIpc) is 2.86. The normalized spacial score (nSPS) is 18.4. The molecule has 11 heteroatoms. The summed E-state index contributed by atoms with van der Waals surface area (Å²) < 4.78 is 6.39. The summed E-state index contributed by atoms with van der Waals surface area (Å²) in [6, 6.07) is 4.19. The molecule has 0 bridgehead atoms. The molecule has 1 aliphatic rings. The van der Waals surface area contributed by atoms with Gasteiger partial charge in [0.1, 0.15) is 11.8 Å². The van der Waals surface area contributed by atoms with Crippen LogP contribution in [-0.2, 0) is 0 Å². The third-order valence-electron chi connectivity index (χ3n) is 5.95. The van der Waals surface area contributed by atoms with Gasteiger partial charge in [-0.1, -0.05) is 13.0 Å². The first kappa shape index (κ1) is 26.9. The molecule has 3 N–H and O–H groups in total. The summed E-state index contributed by atoms with van der Waals surface area (Å²) in [5.41, 5.74) is 0.651. The van der Waals surface area contributed by atoms with Gasteiger partial charge in [-0.25, -0.2) is 9.78 Å². The van der Waals surface area contributed by atoms with Crippen molar-refractivity contribution in [3.8, 4) is 5.75 Å². The minimum absolute atomic E-state index is 0.0298. The zero-order valence-corrected chi connectivity index (χ0v) is 21.3. The molecule has 1 aliphatic heterocycles. The van der Waals surface area contributed by atoms with Crippen molar-refractivity contribution in [1.29, 1.82) is 0 Å². The molecule has 0 unspecified atom stereocenters. The predicted octanol–water partition coefficient (Wildman–Crippen LogP) is 2.00. The smallest absolute Gasteiger partial charge is 0.317 e. The molecule has 0 aliphatic carbocycles. The van der Waals surface area contributed by atoms with Gasteiger partial charge < -0.3 is 30.3 Å². The molecule has 0 fully saturated rings. The van der Waals surface area contributed by atoms with Crippen LogP contribution >= 0.6 is 0 Å². The second-order valence-corrected chi connectivity index (χ2v) is 9.33. The molecular formula is C25H34N6O5. The van der Waals surface area contributed by atoms with Crippen molar-refractivity contribution in [3.63, 3.8) is 0 Å². The number of aliphatic hydroxyl groups is 1. The number of urea groups is 1. The van der Waals surface area contributed by atoms with Crippen LogP contribution in [0.15, 0.2) is 36.8 Å². The van der Waals surface area contributed by atoms with Crippen molar-refractivity contribution in [1.82, 2.24) is 25.1 Å². The molecule has 1 aromatic carbocycles. The monoisotopic (exact) mass is 498 g/mol. The number of anilines is 1. The summed E-state index contributed by atoms with van der Waals surface area (Å²) >= 11 is 0. The van der Waals surface area contributed by atoms with Crippen molar-refractivity contribution in [2.24, 2.45) is 5.92 Å². The van der Waals surface area contributed by atoms with Gasteiger partial charge in [0.25, 0.3) is 11.8 Å². The number of hydrogen-bond acceptors (Lipinski definition) is 7. The molecule has 2 aromatic rings. The van der Waals surface area contributed by atoms with Crippen molar-refractivity contribution < 1.29 is 24.2 Å². The number of nitrogens with one attached hydrogen (secondary N) is 2. The first-order valence-electron chi connectivity index (χ1n) is 11.9. The van der Waals surface area contributed by atoms with Gasteiger partial charge in [0.2, 0.25) is 0 Å². The molecule has 3 rings (SSSR count). The number of likely N-dealkylation sites (N-methyl/N-ethyl adjacent to an activating group) is 1. The molecule has 0 spiro atoms. The number of amides is 4. The topological polar surface area (TPSA) is 137 Å². The lowest BCUT2D eigenvalue weighted by Crippen LogP contribution is -2.51. The van der Waals surface area contributed by atoms with Crippen LogP contribution in [-0.4, -0.2) is 87.7 Å². The lowest BCUT2D eigenvalue weighted by Gasteiger charge is -2.38. The molecule has 36 heavy (non-hydrogen) atoms. The highest BCUT2D eigenvalue weighted by Crippen LogP contribution is 2.35. The number of carbonyl (C=O) groups excluding carboxylic acids is 3. The Hall–Kier alpha value is -3.73. The Labute approximate surface area is 210 Å². The highest BCUT2D eigenvalue weighted by Gasteiger charge is 2.35. The number of rotatable bonds is 7. The largest absolute Gasteiger partial charge is 0.485 e. The number of aromatic nitrogens is 2. The zero-order chi connectivity index (χ0) is 26.4. The van der Waals surface area contributed by atoms with E-state index in [4.69, 9.17) is 4.74 Å². The molecule has 11 nitrogen and oxygen atoms in total. The van der Waals surface area contributed by atoms with Gasteiger partial charge in [0.05, 0.1) is 36.6 Å². The zero-order valence-electron chi connectivity index (χ0n) is 21.3. The van der Waals surface area contributed by atoms with Crippen molar-refractivity contribution in [2.75, 3.05) is 32.1 Å². The van der Waals surface area contributed by atoms with E-state index in [1.54, 1.807) is 37.1 Å². The van der Waals surface area contributed by atoms with Crippen LogP contribution in [0.3, 0.4) is 0 Å². The van der Waals surface area contributed by atoms with Crippen LogP contribution in [0.25, 0.3) is 0 Å². The van der Waals surface area contributed by atoms with Crippen LogP contribution in [0.4, 0.5) is 10.5 Å². The molecular weight excluding hydrogens is 464 g/mol. The fourth-order valence-corrected chi connectivity index (χ4v) is 3.87. The van der Waals surface area contributed by atoms with Crippen molar-refractivity contribution in [3.05, 3.63) is 48.0 Å². The van der Waals surface area contributed by atoms with E-state index in [9.17, 15) is 19.5 Å². The second-order valence-electron chi connectivity index (χ2n) is 9.33. The maximum atomic E-state index is 13.5. The molecule has 3 atom stereocenters. The summed E-state index contributed by atoms with van der Waals surface area (Å²) in [7, 11) is 1.68. The van der Waals surface area contributed by atoms with E-state index in [1.165, 1.54) is 23.5 Å². The van der Waals surface area contributed by atoms with Gasteiger partial charge >= 0.3 is 6.03 Å². The standard InChI is InChI=1S/C25H34N6O5/c1-15(2)28-25(35)30(5)13-21-16(3)12-31(17(4)14-32)24(34)18-7-6-8-19(22(18)36-21)29-23(33)20-11-26-9-10-27-20/h6-11,15-17,21,32H,12-14H2,1-5H3,(H,28,35)(H,29,33)/t16-,17+,21-/m1/s1. The van der Waals surface area contributed by atoms with Gasteiger partial charge in [-0.05, 0) is 32.9 Å². The minimum Gasteiger partial charge on any atom is -0.485 e. The Kier molecular flexibility index (Phi) is 8.81. The molecule has 2 heterocycles. The molecule has 0 radical (unpaired) electrons. The Morgan fingerprint density at radius 2 is 2.03 bits per heavy atom. The van der Waals surface area contributed by atoms with Crippen LogP contribution in [0.1, 0.15) is 48.5 Å². The van der Waals surface area contributed by atoms with Crippen LogP contribution in [0.5, 0.6) is 5.75 Å². The summed E-state index contributed by atoms with van der Waals surface area (Å²) in [5, 5.41) is 15.4. The first-order chi connectivity index (χ1) is 17.1. The molecule has 4 amide bonds. The Morgan fingerprint density at radius 1 is 1.28 bits per heavy atom. The Morgan fingerprint density at radius 3 is 2.67 bits per heavy atom. The highest BCUT2D eigenvalue weighted by atomic mass is 16.5. The second kappa shape index (κ2) is 11.8. The number of hydrogen-bond donors (Lipinski definition) is 3. The van der Waals surface area contributed by atoms with E-state index >= 15 is 0 Å². The molecule has 194 valence electrons. The fraction of sp³-hybridized carbons (Fsp3) is 0.480.